The topological polar surface area (TPSA) is 66.4 Å². The lowest BCUT2D eigenvalue weighted by molar-refractivity contribution is -0.147. The number of rotatable bonds is 5. The molecule has 0 saturated heterocycles. The van der Waals surface area contributed by atoms with E-state index in [2.05, 4.69) is 5.32 Å². The summed E-state index contributed by atoms with van der Waals surface area (Å²) in [6.07, 6.45) is 0.440. The van der Waals surface area contributed by atoms with E-state index in [-0.39, 0.29) is 12.5 Å². The van der Waals surface area contributed by atoms with Crippen molar-refractivity contribution in [2.45, 2.75) is 20.3 Å². The van der Waals surface area contributed by atoms with Crippen LogP contribution in [0.4, 0.5) is 0 Å². The van der Waals surface area contributed by atoms with Gasteiger partial charge in [0.15, 0.2) is 0 Å². The summed E-state index contributed by atoms with van der Waals surface area (Å²) >= 11 is 7.89. The molecule has 1 amide bonds. The van der Waals surface area contributed by atoms with Gasteiger partial charge in [-0.05, 0) is 54.1 Å². The van der Waals surface area contributed by atoms with Gasteiger partial charge in [0.2, 0.25) is 0 Å². The molecule has 0 bridgehead atoms. The Bertz CT molecular complexity index is 507. The van der Waals surface area contributed by atoms with Crippen LogP contribution in [0, 0.1) is 8.99 Å². The monoisotopic (exact) mass is 395 g/mol. The molecule has 0 saturated carbocycles. The molecular weight excluding hydrogens is 381 g/mol. The quantitative estimate of drug-likeness (QED) is 0.753. The highest BCUT2D eigenvalue weighted by atomic mass is 127. The number of aliphatic carboxylic acids is 1. The molecule has 104 valence electrons. The summed E-state index contributed by atoms with van der Waals surface area (Å²) in [5.41, 5.74) is -0.503. The zero-order chi connectivity index (χ0) is 14.6. The van der Waals surface area contributed by atoms with Gasteiger partial charge in [0.05, 0.1) is 11.0 Å². The molecule has 0 aliphatic rings. The molecule has 19 heavy (non-hydrogen) atoms. The molecule has 0 aliphatic carbocycles. The maximum absolute atomic E-state index is 12.0. The Labute approximate surface area is 130 Å². The molecule has 1 unspecified atom stereocenters. The largest absolute Gasteiger partial charge is 0.481 e. The Hall–Kier alpha value is -0.820. The van der Waals surface area contributed by atoms with Crippen molar-refractivity contribution < 1.29 is 14.7 Å². The van der Waals surface area contributed by atoms with Gasteiger partial charge in [-0.15, -0.1) is 0 Å². The van der Waals surface area contributed by atoms with E-state index in [0.717, 1.165) is 3.57 Å². The zero-order valence-corrected chi connectivity index (χ0v) is 13.6. The van der Waals surface area contributed by atoms with E-state index in [4.69, 9.17) is 16.7 Å². The Morgan fingerprint density at radius 3 is 2.63 bits per heavy atom. The average molecular weight is 396 g/mol. The predicted octanol–water partition coefficient (Wildman–Crippen LogP) is 3.18. The van der Waals surface area contributed by atoms with Crippen LogP contribution in [0.15, 0.2) is 18.2 Å². The van der Waals surface area contributed by atoms with E-state index in [9.17, 15) is 9.59 Å². The van der Waals surface area contributed by atoms with Crippen LogP contribution in [0.3, 0.4) is 0 Å². The number of hydrogen-bond donors (Lipinski definition) is 2. The van der Waals surface area contributed by atoms with Crippen molar-refractivity contribution in [2.75, 3.05) is 6.54 Å². The molecule has 0 aromatic heterocycles. The molecule has 1 aromatic rings. The fourth-order valence-electron chi connectivity index (χ4n) is 1.39. The van der Waals surface area contributed by atoms with E-state index in [1.165, 1.54) is 0 Å². The Kier molecular flexibility index (Phi) is 5.61. The fraction of sp³-hybridized carbons (Fsp3) is 0.385. The van der Waals surface area contributed by atoms with Gasteiger partial charge in [0.1, 0.15) is 0 Å². The molecule has 2 N–H and O–H groups in total. The SMILES string of the molecule is CCC(C)(CNC(=O)c1cc(Cl)ccc1I)C(=O)O. The molecule has 4 nitrogen and oxygen atoms in total. The minimum absolute atomic E-state index is 0.0836. The summed E-state index contributed by atoms with van der Waals surface area (Å²) in [4.78, 5) is 23.2. The zero-order valence-electron chi connectivity index (χ0n) is 10.7. The molecule has 0 radical (unpaired) electrons. The molecule has 6 heteroatoms. The number of halogens is 2. The van der Waals surface area contributed by atoms with Crippen LogP contribution in [0.2, 0.25) is 5.02 Å². The maximum atomic E-state index is 12.0. The second-order valence-electron chi connectivity index (χ2n) is 4.53. The summed E-state index contributed by atoms with van der Waals surface area (Å²) in [6.45, 7) is 3.47. The van der Waals surface area contributed by atoms with Gasteiger partial charge < -0.3 is 10.4 Å². The number of hydrogen-bond acceptors (Lipinski definition) is 2. The van der Waals surface area contributed by atoms with Crippen LogP contribution in [0.5, 0.6) is 0 Å². The first-order valence-electron chi connectivity index (χ1n) is 5.77. The third-order valence-electron chi connectivity index (χ3n) is 3.11. The van der Waals surface area contributed by atoms with Gasteiger partial charge in [-0.25, -0.2) is 0 Å². The third kappa shape index (κ3) is 4.07. The first-order chi connectivity index (χ1) is 8.80. The van der Waals surface area contributed by atoms with Gasteiger partial charge in [-0.2, -0.15) is 0 Å². The number of carbonyl (C=O) groups excluding carboxylic acids is 1. The van der Waals surface area contributed by atoms with Crippen LogP contribution >= 0.6 is 34.2 Å². The van der Waals surface area contributed by atoms with Crippen molar-refractivity contribution in [3.05, 3.63) is 32.4 Å². The second-order valence-corrected chi connectivity index (χ2v) is 6.12. The van der Waals surface area contributed by atoms with Crippen LogP contribution in [0.1, 0.15) is 30.6 Å². The molecule has 0 aliphatic heterocycles. The van der Waals surface area contributed by atoms with Gasteiger partial charge in [-0.3, -0.25) is 9.59 Å². The second kappa shape index (κ2) is 6.56. The summed E-state index contributed by atoms with van der Waals surface area (Å²) in [5.74, 6) is -1.23. The maximum Gasteiger partial charge on any atom is 0.311 e. The number of carboxylic acid groups (broad SMARTS) is 1. The molecule has 1 aromatic carbocycles. The minimum Gasteiger partial charge on any atom is -0.481 e. The highest BCUT2D eigenvalue weighted by molar-refractivity contribution is 14.1. The molecule has 0 heterocycles. The van der Waals surface area contributed by atoms with E-state index < -0.39 is 11.4 Å². The van der Waals surface area contributed by atoms with Crippen LogP contribution in [-0.2, 0) is 4.79 Å². The fourth-order valence-corrected chi connectivity index (χ4v) is 2.15. The number of amides is 1. The minimum atomic E-state index is -0.959. The Morgan fingerprint density at radius 1 is 1.47 bits per heavy atom. The normalized spacial score (nSPS) is 13.7. The van der Waals surface area contributed by atoms with E-state index in [1.807, 2.05) is 22.6 Å². The molecule has 1 atom stereocenters. The van der Waals surface area contributed by atoms with Crippen molar-refractivity contribution in [1.29, 1.82) is 0 Å². The van der Waals surface area contributed by atoms with Crippen molar-refractivity contribution in [2.24, 2.45) is 5.41 Å². The standard InChI is InChI=1S/C13H15ClINO3/c1-3-13(2,12(18)19)7-16-11(17)9-6-8(14)4-5-10(9)15/h4-6H,3,7H2,1-2H3,(H,16,17)(H,18,19). The van der Waals surface area contributed by atoms with Gasteiger partial charge in [0.25, 0.3) is 5.91 Å². The molecular formula is C13H15ClINO3. The smallest absolute Gasteiger partial charge is 0.311 e. The van der Waals surface area contributed by atoms with Crippen LogP contribution < -0.4 is 5.32 Å². The number of carboxylic acids is 1. The first kappa shape index (κ1) is 16.2. The number of benzene rings is 1. The van der Waals surface area contributed by atoms with Crippen LogP contribution in [-0.4, -0.2) is 23.5 Å². The molecule has 0 fully saturated rings. The van der Waals surface area contributed by atoms with E-state index >= 15 is 0 Å². The van der Waals surface area contributed by atoms with E-state index in [0.29, 0.717) is 17.0 Å². The first-order valence-corrected chi connectivity index (χ1v) is 7.22. The third-order valence-corrected chi connectivity index (χ3v) is 4.28. The van der Waals surface area contributed by atoms with Crippen molar-refractivity contribution in [3.8, 4) is 0 Å². The van der Waals surface area contributed by atoms with E-state index in [1.54, 1.807) is 32.0 Å². The number of nitrogens with one attached hydrogen (secondary N) is 1. The Balaban J connectivity index is 2.81. The lowest BCUT2D eigenvalue weighted by atomic mass is 9.87. The van der Waals surface area contributed by atoms with Gasteiger partial charge in [-0.1, -0.05) is 18.5 Å². The highest BCUT2D eigenvalue weighted by Gasteiger charge is 2.31. The summed E-state index contributed by atoms with van der Waals surface area (Å²) in [6, 6.07) is 5.02. The van der Waals surface area contributed by atoms with Crippen molar-refractivity contribution in [1.82, 2.24) is 5.32 Å². The van der Waals surface area contributed by atoms with Gasteiger partial charge >= 0.3 is 5.97 Å². The average Bonchev–Trinajstić information content (AvgIpc) is 2.38. The lowest BCUT2D eigenvalue weighted by Crippen LogP contribution is -2.40. The summed E-state index contributed by atoms with van der Waals surface area (Å²) in [5, 5.41) is 12.3. The summed E-state index contributed by atoms with van der Waals surface area (Å²) in [7, 11) is 0. The highest BCUT2D eigenvalue weighted by Crippen LogP contribution is 2.21. The predicted molar refractivity (Wildman–Crippen MR) is 82.5 cm³/mol. The van der Waals surface area contributed by atoms with Crippen molar-refractivity contribution >= 4 is 46.1 Å². The number of carbonyl (C=O) groups is 2. The van der Waals surface area contributed by atoms with Crippen LogP contribution in [0.25, 0.3) is 0 Å². The Morgan fingerprint density at radius 2 is 2.11 bits per heavy atom. The van der Waals surface area contributed by atoms with Crippen molar-refractivity contribution in [3.63, 3.8) is 0 Å². The van der Waals surface area contributed by atoms with Gasteiger partial charge in [0, 0.05) is 15.1 Å². The molecule has 1 rings (SSSR count). The molecule has 0 spiro atoms. The summed E-state index contributed by atoms with van der Waals surface area (Å²) < 4.78 is 0.771. The lowest BCUT2D eigenvalue weighted by Gasteiger charge is -2.23.